The van der Waals surface area contributed by atoms with Crippen LogP contribution in [0.5, 0.6) is 0 Å². The van der Waals surface area contributed by atoms with Crippen LogP contribution >= 0.6 is 22.9 Å². The van der Waals surface area contributed by atoms with Crippen molar-refractivity contribution in [2.45, 2.75) is 20.0 Å². The molecule has 1 aromatic carbocycles. The largest absolute Gasteiger partial charge is 0.354 e. The van der Waals surface area contributed by atoms with Gasteiger partial charge in [-0.2, -0.15) is 0 Å². The second kappa shape index (κ2) is 5.14. The van der Waals surface area contributed by atoms with Crippen LogP contribution < -0.4 is 5.32 Å². The van der Waals surface area contributed by atoms with Crippen LogP contribution in [0.2, 0.25) is 5.02 Å². The van der Waals surface area contributed by atoms with Crippen molar-refractivity contribution in [1.82, 2.24) is 19.7 Å². The molecule has 2 aromatic heterocycles. The van der Waals surface area contributed by atoms with Gasteiger partial charge in [0.1, 0.15) is 6.33 Å². The van der Waals surface area contributed by atoms with Gasteiger partial charge >= 0.3 is 0 Å². The summed E-state index contributed by atoms with van der Waals surface area (Å²) in [4.78, 5) is 4.49. The molecule has 0 saturated heterocycles. The molecule has 0 aliphatic heterocycles. The Morgan fingerprint density at radius 2 is 2.32 bits per heavy atom. The molecule has 2 heterocycles. The maximum absolute atomic E-state index is 6.13. The molecule has 0 unspecified atom stereocenters. The second-order valence-electron chi connectivity index (χ2n) is 3.99. The quantitative estimate of drug-likeness (QED) is 0.803. The molecule has 0 aliphatic rings. The molecule has 0 aliphatic carbocycles. The van der Waals surface area contributed by atoms with E-state index in [4.69, 9.17) is 11.6 Å². The van der Waals surface area contributed by atoms with Crippen LogP contribution in [0.1, 0.15) is 12.7 Å². The molecule has 0 spiro atoms. The minimum atomic E-state index is 0.602. The van der Waals surface area contributed by atoms with Crippen LogP contribution in [0, 0.1) is 0 Å². The fourth-order valence-electron chi connectivity index (χ4n) is 1.83. The molecule has 1 N–H and O–H groups in total. The summed E-state index contributed by atoms with van der Waals surface area (Å²) >= 11 is 7.68. The van der Waals surface area contributed by atoms with Gasteiger partial charge < -0.3 is 9.88 Å². The zero-order valence-corrected chi connectivity index (χ0v) is 11.9. The zero-order valence-electron chi connectivity index (χ0n) is 10.3. The summed E-state index contributed by atoms with van der Waals surface area (Å²) < 4.78 is 3.00. The fourth-order valence-corrected chi connectivity index (χ4v) is 2.98. The summed E-state index contributed by atoms with van der Waals surface area (Å²) in [5, 5.41) is 12.8. The van der Waals surface area contributed by atoms with Crippen molar-refractivity contribution in [3.05, 3.63) is 35.4 Å². The summed E-state index contributed by atoms with van der Waals surface area (Å²) in [7, 11) is 0. The molecule has 5 nitrogen and oxygen atoms in total. The number of rotatable bonds is 4. The number of anilines is 1. The number of halogens is 1. The lowest BCUT2D eigenvalue weighted by molar-refractivity contribution is 0.708. The smallest absolute Gasteiger partial charge is 0.184 e. The Kier molecular flexibility index (Phi) is 3.35. The molecule has 19 heavy (non-hydrogen) atoms. The van der Waals surface area contributed by atoms with Gasteiger partial charge in [-0.25, -0.2) is 4.98 Å². The molecular weight excluding hydrogens is 282 g/mol. The van der Waals surface area contributed by atoms with E-state index in [1.807, 2.05) is 22.8 Å². The van der Waals surface area contributed by atoms with E-state index in [0.29, 0.717) is 6.54 Å². The first-order chi connectivity index (χ1) is 9.28. The van der Waals surface area contributed by atoms with Crippen molar-refractivity contribution < 1.29 is 0 Å². The third-order valence-electron chi connectivity index (χ3n) is 2.80. The lowest BCUT2D eigenvalue weighted by Crippen LogP contribution is -2.07. The van der Waals surface area contributed by atoms with Gasteiger partial charge in [-0.3, -0.25) is 0 Å². The molecule has 3 aromatic rings. The van der Waals surface area contributed by atoms with Crippen LogP contribution in [0.15, 0.2) is 24.5 Å². The Hall–Kier alpha value is -1.66. The van der Waals surface area contributed by atoms with E-state index in [9.17, 15) is 0 Å². The third kappa shape index (κ3) is 2.41. The van der Waals surface area contributed by atoms with Gasteiger partial charge in [-0.15, -0.1) is 10.2 Å². The number of nitrogens with one attached hydrogen (secondary N) is 1. The Balaban J connectivity index is 1.80. The Bertz CT molecular complexity index is 705. The van der Waals surface area contributed by atoms with Crippen LogP contribution in [-0.2, 0) is 13.1 Å². The van der Waals surface area contributed by atoms with Crippen molar-refractivity contribution in [2.24, 2.45) is 0 Å². The highest BCUT2D eigenvalue weighted by Crippen LogP contribution is 2.31. The minimum absolute atomic E-state index is 0.602. The average Bonchev–Trinajstić information content (AvgIpc) is 3.02. The van der Waals surface area contributed by atoms with Gasteiger partial charge in [0.15, 0.2) is 11.0 Å². The zero-order chi connectivity index (χ0) is 13.2. The van der Waals surface area contributed by atoms with Crippen molar-refractivity contribution in [1.29, 1.82) is 0 Å². The van der Waals surface area contributed by atoms with Crippen molar-refractivity contribution in [2.75, 3.05) is 5.32 Å². The standard InChI is InChI=1S/C12H12ClN5S/c1-2-18-7-15-17-10(18)6-14-12-16-9-5-3-4-8(13)11(9)19-12/h3-5,7H,2,6H2,1H3,(H,14,16). The Morgan fingerprint density at radius 1 is 1.42 bits per heavy atom. The van der Waals surface area contributed by atoms with Gasteiger partial charge in [-0.1, -0.05) is 29.0 Å². The average molecular weight is 294 g/mol. The number of nitrogens with zero attached hydrogens (tertiary/aromatic N) is 4. The first-order valence-corrected chi connectivity index (χ1v) is 7.13. The lowest BCUT2D eigenvalue weighted by atomic mass is 10.3. The molecule has 0 fully saturated rings. The number of fused-ring (bicyclic) bond motifs is 1. The second-order valence-corrected chi connectivity index (χ2v) is 5.40. The predicted octanol–water partition coefficient (Wildman–Crippen LogP) is 3.17. The SMILES string of the molecule is CCn1cnnc1CNc1nc2cccc(Cl)c2s1. The monoisotopic (exact) mass is 293 g/mol. The third-order valence-corrected chi connectivity index (χ3v) is 4.29. The molecule has 0 amide bonds. The molecule has 0 radical (unpaired) electrons. The van der Waals surface area contributed by atoms with Gasteiger partial charge in [0.2, 0.25) is 0 Å². The van der Waals surface area contributed by atoms with Gasteiger partial charge in [0, 0.05) is 6.54 Å². The highest BCUT2D eigenvalue weighted by Gasteiger charge is 2.08. The number of thiazole rings is 1. The van der Waals surface area contributed by atoms with Crippen molar-refractivity contribution >= 4 is 38.3 Å². The van der Waals surface area contributed by atoms with Crippen molar-refractivity contribution in [3.8, 4) is 0 Å². The normalized spacial score (nSPS) is 11.1. The summed E-state index contributed by atoms with van der Waals surface area (Å²) in [6.07, 6.45) is 1.73. The summed E-state index contributed by atoms with van der Waals surface area (Å²) in [6.45, 7) is 3.52. The van der Waals surface area contributed by atoms with Gasteiger partial charge in [-0.05, 0) is 19.1 Å². The van der Waals surface area contributed by atoms with Crippen LogP contribution in [0.3, 0.4) is 0 Å². The summed E-state index contributed by atoms with van der Waals surface area (Å²) in [5.74, 6) is 0.896. The molecule has 0 atom stereocenters. The number of aromatic nitrogens is 4. The number of aryl methyl sites for hydroxylation is 1. The maximum atomic E-state index is 6.13. The Labute approximate surface area is 119 Å². The first kappa shape index (κ1) is 12.4. The Morgan fingerprint density at radius 3 is 3.11 bits per heavy atom. The molecule has 98 valence electrons. The number of hydrogen-bond acceptors (Lipinski definition) is 5. The van der Waals surface area contributed by atoms with Crippen LogP contribution in [-0.4, -0.2) is 19.7 Å². The molecule has 7 heteroatoms. The van der Waals surface area contributed by atoms with E-state index in [-0.39, 0.29) is 0 Å². The van der Waals surface area contributed by atoms with Gasteiger partial charge in [0.05, 0.1) is 21.8 Å². The predicted molar refractivity (Wildman–Crippen MR) is 77.7 cm³/mol. The first-order valence-electron chi connectivity index (χ1n) is 5.93. The highest BCUT2D eigenvalue weighted by atomic mass is 35.5. The molecule has 0 saturated carbocycles. The molecular formula is C12H12ClN5S. The van der Waals surface area contributed by atoms with Gasteiger partial charge in [0.25, 0.3) is 0 Å². The van der Waals surface area contributed by atoms with Crippen LogP contribution in [0.4, 0.5) is 5.13 Å². The van der Waals surface area contributed by atoms with E-state index >= 15 is 0 Å². The van der Waals surface area contributed by atoms with E-state index in [2.05, 4.69) is 27.4 Å². The topological polar surface area (TPSA) is 55.6 Å². The minimum Gasteiger partial charge on any atom is -0.354 e. The van der Waals surface area contributed by atoms with Crippen LogP contribution in [0.25, 0.3) is 10.2 Å². The number of benzene rings is 1. The lowest BCUT2D eigenvalue weighted by Gasteiger charge is -2.03. The summed E-state index contributed by atoms with van der Waals surface area (Å²) in [6, 6.07) is 5.73. The highest BCUT2D eigenvalue weighted by molar-refractivity contribution is 7.22. The molecule has 3 rings (SSSR count). The molecule has 0 bridgehead atoms. The summed E-state index contributed by atoms with van der Waals surface area (Å²) in [5.41, 5.74) is 0.914. The van der Waals surface area contributed by atoms with E-state index < -0.39 is 0 Å². The van der Waals surface area contributed by atoms with Crippen molar-refractivity contribution in [3.63, 3.8) is 0 Å². The fraction of sp³-hybridized carbons (Fsp3) is 0.250. The van der Waals surface area contributed by atoms with E-state index in [1.54, 1.807) is 17.7 Å². The maximum Gasteiger partial charge on any atom is 0.184 e. The van der Waals surface area contributed by atoms with E-state index in [1.165, 1.54) is 0 Å². The van der Waals surface area contributed by atoms with E-state index in [0.717, 1.165) is 32.7 Å². The number of hydrogen-bond donors (Lipinski definition) is 1.